The number of hydrogen-bond acceptors (Lipinski definition) is 9. The van der Waals surface area contributed by atoms with E-state index in [0.717, 1.165) is 22.8 Å². The van der Waals surface area contributed by atoms with Crippen LogP contribution in [0.5, 0.6) is 0 Å². The number of nitrogens with zero attached hydrogens (tertiary/aromatic N) is 3. The fourth-order valence-electron chi connectivity index (χ4n) is 8.21. The summed E-state index contributed by atoms with van der Waals surface area (Å²) in [6.07, 6.45) is -14.7. The number of alkyl halides is 8. The summed E-state index contributed by atoms with van der Waals surface area (Å²) in [4.78, 5) is 2.42. The number of hydrazine groups is 1. The zero-order valence-electron chi connectivity index (χ0n) is 25.6. The van der Waals surface area contributed by atoms with E-state index in [1.54, 1.807) is 7.11 Å². The largest absolute Gasteiger partial charge is 0.406 e. The Labute approximate surface area is 261 Å². The summed E-state index contributed by atoms with van der Waals surface area (Å²) in [7, 11) is 2.76. The highest BCUT2D eigenvalue weighted by Gasteiger charge is 2.56. The van der Waals surface area contributed by atoms with Gasteiger partial charge in [0, 0.05) is 52.4 Å². The van der Waals surface area contributed by atoms with Gasteiger partial charge in [0.2, 0.25) is 0 Å². The molecular formula is C27H43F8N9O2. The van der Waals surface area contributed by atoms with Crippen molar-refractivity contribution in [3.63, 3.8) is 0 Å². The van der Waals surface area contributed by atoms with Gasteiger partial charge in [-0.2, -0.15) is 26.3 Å². The van der Waals surface area contributed by atoms with Gasteiger partial charge < -0.3 is 24.6 Å². The summed E-state index contributed by atoms with van der Waals surface area (Å²) in [6, 6.07) is -4.26. The number of hydrogen-bond donors (Lipinski definition) is 6. The average Bonchev–Trinajstić information content (AvgIpc) is 3.69. The van der Waals surface area contributed by atoms with Gasteiger partial charge in [-0.05, 0) is 37.5 Å². The molecule has 0 aromatic heterocycles. The van der Waals surface area contributed by atoms with Crippen molar-refractivity contribution in [1.82, 2.24) is 41.5 Å². The Bertz CT molecular complexity index is 1070. The molecule has 264 valence electrons. The summed E-state index contributed by atoms with van der Waals surface area (Å²) in [5, 5.41) is 23.2. The number of guanidine groups is 1. The lowest BCUT2D eigenvalue weighted by Gasteiger charge is -2.48. The molecule has 0 amide bonds. The minimum atomic E-state index is -4.64. The van der Waals surface area contributed by atoms with Gasteiger partial charge in [-0.15, -0.1) is 0 Å². The third kappa shape index (κ3) is 6.79. The van der Waals surface area contributed by atoms with Crippen LogP contribution in [0.15, 0.2) is 0 Å². The normalized spacial score (nSPS) is 43.0. The second-order valence-electron chi connectivity index (χ2n) is 13.4. The Kier molecular flexibility index (Phi) is 9.70. The zero-order chi connectivity index (χ0) is 33.1. The monoisotopic (exact) mass is 677 g/mol. The lowest BCUT2D eigenvalue weighted by Crippen LogP contribution is -2.73. The van der Waals surface area contributed by atoms with Gasteiger partial charge in [-0.1, -0.05) is 0 Å². The van der Waals surface area contributed by atoms with Gasteiger partial charge in [0.1, 0.15) is 43.6 Å². The molecule has 2 aliphatic carbocycles. The fourth-order valence-corrected chi connectivity index (χ4v) is 8.21. The molecule has 6 aliphatic rings. The van der Waals surface area contributed by atoms with E-state index in [4.69, 9.17) is 14.9 Å². The van der Waals surface area contributed by atoms with Gasteiger partial charge >= 0.3 is 12.4 Å². The van der Waals surface area contributed by atoms with Crippen LogP contribution in [0.3, 0.4) is 0 Å². The zero-order valence-corrected chi connectivity index (χ0v) is 25.6. The molecule has 2 saturated carbocycles. The maximum absolute atomic E-state index is 15.7. The van der Waals surface area contributed by atoms with Crippen molar-refractivity contribution in [2.45, 2.75) is 106 Å². The fraction of sp³-hybridized carbons (Fsp3) is 0.963. The van der Waals surface area contributed by atoms with Crippen molar-refractivity contribution in [1.29, 1.82) is 5.41 Å². The smallest absolute Gasteiger partial charge is 0.366 e. The second-order valence-corrected chi connectivity index (χ2v) is 13.4. The second kappa shape index (κ2) is 13.0. The van der Waals surface area contributed by atoms with Crippen LogP contribution in [0.4, 0.5) is 35.1 Å². The summed E-state index contributed by atoms with van der Waals surface area (Å²) < 4.78 is 123. The molecular weight excluding hydrogens is 634 g/mol. The van der Waals surface area contributed by atoms with Crippen molar-refractivity contribution >= 4 is 5.96 Å². The van der Waals surface area contributed by atoms with Gasteiger partial charge in [0.05, 0.1) is 18.2 Å². The lowest BCUT2D eigenvalue weighted by molar-refractivity contribution is -0.161. The third-order valence-electron chi connectivity index (χ3n) is 10.4. The van der Waals surface area contributed by atoms with Crippen LogP contribution in [0.25, 0.3) is 0 Å². The van der Waals surface area contributed by atoms with Gasteiger partial charge in [-0.3, -0.25) is 21.4 Å². The predicted octanol–water partition coefficient (Wildman–Crippen LogP) is 1.40. The Morgan fingerprint density at radius 3 is 2.20 bits per heavy atom. The number of rotatable bonds is 8. The van der Waals surface area contributed by atoms with Crippen LogP contribution in [0, 0.1) is 23.2 Å². The van der Waals surface area contributed by atoms with Crippen LogP contribution >= 0.6 is 0 Å². The standard InChI is InChI=1S/C27H43F8N9O2/c1-45-18-7-17(27(33,34)35)41-44(18)21-14(28)5-12(6-15(21)29)9-42-23-16(43(25(42)36)10-26(30,31)32)8-37-22(40-23)19-20(13-3-4-13)38-11-39-24(19)46-2/h12-24,36-41H,3-11H2,1-2H3. The summed E-state index contributed by atoms with van der Waals surface area (Å²) >= 11 is 0. The quantitative estimate of drug-likeness (QED) is 0.211. The molecule has 46 heavy (non-hydrogen) atoms. The van der Waals surface area contributed by atoms with Crippen LogP contribution in [0.2, 0.25) is 0 Å². The molecule has 0 bridgehead atoms. The van der Waals surface area contributed by atoms with Crippen molar-refractivity contribution in [2.75, 3.05) is 40.5 Å². The highest BCUT2D eigenvalue weighted by molar-refractivity contribution is 5.80. The van der Waals surface area contributed by atoms with Crippen LogP contribution in [-0.4, -0.2) is 135 Å². The van der Waals surface area contributed by atoms with Gasteiger partial charge in [0.25, 0.3) is 0 Å². The lowest BCUT2D eigenvalue weighted by atomic mass is 9.82. The molecule has 6 rings (SSSR count). The summed E-state index contributed by atoms with van der Waals surface area (Å²) in [5.41, 5.74) is 2.19. The highest BCUT2D eigenvalue weighted by Crippen LogP contribution is 2.41. The van der Waals surface area contributed by atoms with E-state index >= 15 is 8.78 Å². The number of nitrogens with one attached hydrogen (secondary N) is 6. The molecule has 10 atom stereocenters. The molecule has 6 N–H and O–H groups in total. The first-order chi connectivity index (χ1) is 21.7. The molecule has 10 unspecified atom stereocenters. The first-order valence-corrected chi connectivity index (χ1v) is 15.8. The van der Waals surface area contributed by atoms with Crippen molar-refractivity contribution in [3.05, 3.63) is 0 Å². The SMILES string of the molecule is COC1NCNC(C2CC2)C1C1NCC2C(N1)N(CC1CC(F)C(N3NC(C(F)(F)F)CC3OC)C(F)C1)C(=N)N2CC(F)(F)F. The molecule has 0 aromatic rings. The van der Waals surface area contributed by atoms with E-state index in [0.29, 0.717) is 12.6 Å². The molecule has 6 fully saturated rings. The molecule has 4 saturated heterocycles. The average molecular weight is 678 g/mol. The molecule has 4 aliphatic heterocycles. The van der Waals surface area contributed by atoms with Crippen LogP contribution < -0.4 is 26.7 Å². The van der Waals surface area contributed by atoms with E-state index in [1.165, 1.54) is 12.0 Å². The summed E-state index contributed by atoms with van der Waals surface area (Å²) in [5.74, 6) is -0.832. The number of halogens is 8. The van der Waals surface area contributed by atoms with Crippen molar-refractivity contribution in [2.24, 2.45) is 17.8 Å². The minimum Gasteiger partial charge on any atom is -0.366 e. The predicted molar refractivity (Wildman–Crippen MR) is 148 cm³/mol. The Morgan fingerprint density at radius 1 is 0.913 bits per heavy atom. The highest BCUT2D eigenvalue weighted by atomic mass is 19.4. The van der Waals surface area contributed by atoms with Crippen molar-refractivity contribution in [3.8, 4) is 0 Å². The number of fused-ring (bicyclic) bond motifs is 1. The van der Waals surface area contributed by atoms with Gasteiger partial charge in [0.15, 0.2) is 5.96 Å². The minimum absolute atomic E-state index is 0.0790. The van der Waals surface area contributed by atoms with E-state index in [-0.39, 0.29) is 44.1 Å². The van der Waals surface area contributed by atoms with E-state index in [9.17, 15) is 26.3 Å². The van der Waals surface area contributed by atoms with Crippen LogP contribution in [0.1, 0.15) is 32.1 Å². The summed E-state index contributed by atoms with van der Waals surface area (Å²) in [6.45, 7) is -0.795. The van der Waals surface area contributed by atoms with E-state index in [1.807, 2.05) is 0 Å². The van der Waals surface area contributed by atoms with Crippen LogP contribution in [-0.2, 0) is 9.47 Å². The number of methoxy groups -OCH3 is 2. The molecule has 19 heteroatoms. The molecule has 11 nitrogen and oxygen atoms in total. The van der Waals surface area contributed by atoms with Crippen molar-refractivity contribution < 1.29 is 44.6 Å². The first-order valence-electron chi connectivity index (χ1n) is 15.8. The topological polar surface area (TPSA) is 112 Å². The maximum Gasteiger partial charge on any atom is 0.406 e. The Morgan fingerprint density at radius 2 is 1.61 bits per heavy atom. The number of ether oxygens (including phenoxy) is 2. The van der Waals surface area contributed by atoms with E-state index < -0.39 is 86.2 Å². The Hall–Kier alpha value is -1.61. The first kappa shape index (κ1) is 34.3. The molecule has 0 spiro atoms. The molecule has 0 aromatic carbocycles. The van der Waals surface area contributed by atoms with E-state index in [2.05, 4.69) is 26.7 Å². The molecule has 0 radical (unpaired) electrons. The maximum atomic E-state index is 15.7. The third-order valence-corrected chi connectivity index (χ3v) is 10.4. The van der Waals surface area contributed by atoms with Gasteiger partial charge in [-0.25, -0.2) is 19.2 Å². The Balaban J connectivity index is 1.18. The molecule has 4 heterocycles.